The highest BCUT2D eigenvalue weighted by Crippen LogP contribution is 2.22. The van der Waals surface area contributed by atoms with E-state index in [1.807, 2.05) is 0 Å². The minimum Gasteiger partial charge on any atom is -0.360 e. The summed E-state index contributed by atoms with van der Waals surface area (Å²) in [4.78, 5) is 2.50. The summed E-state index contributed by atoms with van der Waals surface area (Å²) in [5.41, 5.74) is 0.422. The van der Waals surface area contributed by atoms with E-state index in [-0.39, 0.29) is 4.90 Å². The van der Waals surface area contributed by atoms with Crippen LogP contribution in [0.4, 0.5) is 0 Å². The Morgan fingerprint density at radius 2 is 1.95 bits per heavy atom. The molecule has 0 bridgehead atoms. The molecule has 0 aromatic carbocycles. The van der Waals surface area contributed by atoms with Crippen molar-refractivity contribution in [3.63, 3.8) is 0 Å². The Balaban J connectivity index is 2.06. The van der Waals surface area contributed by atoms with Crippen LogP contribution in [0, 0.1) is 13.8 Å². The zero-order valence-electron chi connectivity index (χ0n) is 11.7. The van der Waals surface area contributed by atoms with Gasteiger partial charge in [0, 0.05) is 20.1 Å². The van der Waals surface area contributed by atoms with Gasteiger partial charge in [-0.3, -0.25) is 0 Å². The van der Waals surface area contributed by atoms with E-state index in [4.69, 9.17) is 4.52 Å². The van der Waals surface area contributed by atoms with Crippen LogP contribution in [-0.4, -0.2) is 56.0 Å². The maximum atomic E-state index is 12.4. The van der Waals surface area contributed by atoms with Crippen LogP contribution >= 0.6 is 0 Å². The van der Waals surface area contributed by atoms with Crippen LogP contribution in [0.2, 0.25) is 0 Å². The van der Waals surface area contributed by atoms with E-state index in [0.29, 0.717) is 18.0 Å². The molecule has 108 valence electrons. The molecule has 1 fully saturated rings. The lowest BCUT2D eigenvalue weighted by molar-refractivity contribution is 0.309. The number of sulfonamides is 1. The lowest BCUT2D eigenvalue weighted by Gasteiger charge is -2.21. The standard InChI is InChI=1S/C12H21N3O3S/c1-10-12(11(2)18-13-10)19(16,17)14(3)8-9-15-6-4-5-7-15/h4-9H2,1-3H3. The number of nitrogens with zero attached hydrogens (tertiary/aromatic N) is 3. The number of likely N-dealkylation sites (N-methyl/N-ethyl adjacent to an activating group) is 1. The van der Waals surface area contributed by atoms with Gasteiger partial charge in [-0.2, -0.15) is 4.31 Å². The van der Waals surface area contributed by atoms with Crippen LogP contribution < -0.4 is 0 Å². The van der Waals surface area contributed by atoms with Crippen molar-refractivity contribution in [3.8, 4) is 0 Å². The van der Waals surface area contributed by atoms with Crippen molar-refractivity contribution in [2.45, 2.75) is 31.6 Å². The van der Waals surface area contributed by atoms with Crippen LogP contribution in [-0.2, 0) is 10.0 Å². The third kappa shape index (κ3) is 2.98. The van der Waals surface area contributed by atoms with Gasteiger partial charge in [0.05, 0.1) is 0 Å². The summed E-state index contributed by atoms with van der Waals surface area (Å²) in [6.45, 7) is 6.68. The molecule has 0 unspecified atom stereocenters. The van der Waals surface area contributed by atoms with Gasteiger partial charge in [-0.05, 0) is 39.8 Å². The molecule has 0 saturated carbocycles. The van der Waals surface area contributed by atoms with E-state index >= 15 is 0 Å². The molecule has 0 N–H and O–H groups in total. The number of hydrogen-bond donors (Lipinski definition) is 0. The molecule has 0 aliphatic carbocycles. The molecule has 2 heterocycles. The molecule has 7 heteroatoms. The van der Waals surface area contributed by atoms with Gasteiger partial charge in [-0.25, -0.2) is 8.42 Å². The van der Waals surface area contributed by atoms with Gasteiger partial charge in [-0.15, -0.1) is 0 Å². The maximum Gasteiger partial charge on any atom is 0.248 e. The predicted molar refractivity (Wildman–Crippen MR) is 71.5 cm³/mol. The topological polar surface area (TPSA) is 66.7 Å². The Kier molecular flexibility index (Phi) is 4.27. The van der Waals surface area contributed by atoms with Crippen molar-refractivity contribution in [2.75, 3.05) is 33.2 Å². The number of aromatic nitrogens is 1. The second kappa shape index (κ2) is 5.60. The van der Waals surface area contributed by atoms with E-state index in [2.05, 4.69) is 10.1 Å². The van der Waals surface area contributed by atoms with Gasteiger partial charge in [0.1, 0.15) is 10.6 Å². The van der Waals surface area contributed by atoms with Crippen molar-refractivity contribution in [2.24, 2.45) is 0 Å². The van der Waals surface area contributed by atoms with Gasteiger partial charge in [0.2, 0.25) is 10.0 Å². The van der Waals surface area contributed by atoms with Crippen LogP contribution in [0.1, 0.15) is 24.3 Å². The highest BCUT2D eigenvalue weighted by Gasteiger charge is 2.28. The Morgan fingerprint density at radius 3 is 2.47 bits per heavy atom. The number of likely N-dealkylation sites (tertiary alicyclic amines) is 1. The van der Waals surface area contributed by atoms with Gasteiger partial charge in [0.15, 0.2) is 5.76 Å². The molecule has 1 aromatic heterocycles. The summed E-state index contributed by atoms with van der Waals surface area (Å²) >= 11 is 0. The molecule has 1 aliphatic heterocycles. The van der Waals surface area contributed by atoms with E-state index < -0.39 is 10.0 Å². The first kappa shape index (κ1) is 14.5. The summed E-state index contributed by atoms with van der Waals surface area (Å²) in [5, 5.41) is 3.71. The first-order chi connectivity index (χ1) is 8.93. The van der Waals surface area contributed by atoms with Crippen LogP contribution in [0.25, 0.3) is 0 Å². The predicted octanol–water partition coefficient (Wildman–Crippen LogP) is 1.01. The van der Waals surface area contributed by atoms with Gasteiger partial charge < -0.3 is 9.42 Å². The highest BCUT2D eigenvalue weighted by molar-refractivity contribution is 7.89. The summed E-state index contributed by atoms with van der Waals surface area (Å²) in [7, 11) is -1.89. The molecular weight excluding hydrogens is 266 g/mol. The summed E-state index contributed by atoms with van der Waals surface area (Å²) in [6, 6.07) is 0. The molecule has 0 spiro atoms. The Labute approximate surface area is 114 Å². The van der Waals surface area contributed by atoms with E-state index in [9.17, 15) is 8.42 Å². The van der Waals surface area contributed by atoms with Crippen molar-refractivity contribution in [1.82, 2.24) is 14.4 Å². The average Bonchev–Trinajstić information content (AvgIpc) is 2.96. The highest BCUT2D eigenvalue weighted by atomic mass is 32.2. The van der Waals surface area contributed by atoms with Crippen LogP contribution in [0.5, 0.6) is 0 Å². The largest absolute Gasteiger partial charge is 0.360 e. The molecule has 0 atom stereocenters. The maximum absolute atomic E-state index is 12.4. The molecule has 0 amide bonds. The second-order valence-corrected chi connectivity index (χ2v) is 7.01. The fourth-order valence-corrected chi connectivity index (χ4v) is 3.85. The van der Waals surface area contributed by atoms with Crippen molar-refractivity contribution >= 4 is 10.0 Å². The smallest absolute Gasteiger partial charge is 0.248 e. The van der Waals surface area contributed by atoms with Crippen LogP contribution in [0.3, 0.4) is 0 Å². The third-order valence-corrected chi connectivity index (χ3v) is 5.67. The molecule has 0 radical (unpaired) electrons. The summed E-state index contributed by atoms with van der Waals surface area (Å²) in [6.07, 6.45) is 2.42. The third-order valence-electron chi connectivity index (χ3n) is 3.57. The fourth-order valence-electron chi connectivity index (χ4n) is 2.41. The molecule has 2 rings (SSSR count). The lowest BCUT2D eigenvalue weighted by Crippen LogP contribution is -2.35. The fraction of sp³-hybridized carbons (Fsp3) is 0.750. The van der Waals surface area contributed by atoms with Crippen molar-refractivity contribution in [1.29, 1.82) is 0 Å². The molecule has 19 heavy (non-hydrogen) atoms. The second-order valence-electron chi connectivity index (χ2n) is 5.03. The zero-order valence-corrected chi connectivity index (χ0v) is 12.5. The van der Waals surface area contributed by atoms with E-state index in [1.165, 1.54) is 17.1 Å². The average molecular weight is 287 g/mol. The Bertz CT molecular complexity index is 513. The molecule has 1 aromatic rings. The first-order valence-corrected chi connectivity index (χ1v) is 7.98. The first-order valence-electron chi connectivity index (χ1n) is 6.54. The lowest BCUT2D eigenvalue weighted by atomic mass is 10.4. The molecule has 1 saturated heterocycles. The normalized spacial score (nSPS) is 17.5. The van der Waals surface area contributed by atoms with Gasteiger partial charge in [0.25, 0.3) is 0 Å². The van der Waals surface area contributed by atoms with E-state index in [0.717, 1.165) is 19.6 Å². The summed E-state index contributed by atoms with van der Waals surface area (Å²) < 4.78 is 31.2. The zero-order chi connectivity index (χ0) is 14.0. The minimum atomic E-state index is -3.50. The Morgan fingerprint density at radius 1 is 1.32 bits per heavy atom. The Hall–Kier alpha value is -0.920. The van der Waals surface area contributed by atoms with E-state index in [1.54, 1.807) is 20.9 Å². The van der Waals surface area contributed by atoms with Gasteiger partial charge in [-0.1, -0.05) is 5.16 Å². The number of hydrogen-bond acceptors (Lipinski definition) is 5. The number of aryl methyl sites for hydroxylation is 2. The molecule has 6 nitrogen and oxygen atoms in total. The SMILES string of the molecule is Cc1noc(C)c1S(=O)(=O)N(C)CCN1CCCC1. The van der Waals surface area contributed by atoms with Crippen molar-refractivity contribution in [3.05, 3.63) is 11.5 Å². The molecular formula is C12H21N3O3S. The monoisotopic (exact) mass is 287 g/mol. The van der Waals surface area contributed by atoms with Gasteiger partial charge >= 0.3 is 0 Å². The van der Waals surface area contributed by atoms with Crippen molar-refractivity contribution < 1.29 is 12.9 Å². The quantitative estimate of drug-likeness (QED) is 0.808. The minimum absolute atomic E-state index is 0.205. The van der Waals surface area contributed by atoms with Crippen LogP contribution in [0.15, 0.2) is 9.42 Å². The summed E-state index contributed by atoms with van der Waals surface area (Å²) in [5.74, 6) is 0.352. The molecule has 1 aliphatic rings. The number of rotatable bonds is 5.